The molecule has 1 N–H and O–H groups in total. The maximum Gasteiger partial charge on any atom is 0.180 e. The molecule has 20 heavy (non-hydrogen) atoms. The molecular formula is C17H20ClNO. The van der Waals surface area contributed by atoms with Crippen molar-refractivity contribution in [1.29, 1.82) is 0 Å². The first-order valence-corrected chi connectivity index (χ1v) is 6.53. The number of hydrogen-bond donors (Lipinski definition) is 1. The van der Waals surface area contributed by atoms with E-state index in [-0.39, 0.29) is 24.2 Å². The molecule has 2 rings (SSSR count). The van der Waals surface area contributed by atoms with Crippen molar-refractivity contribution in [3.05, 3.63) is 71.3 Å². The molecule has 0 aliphatic heterocycles. The van der Waals surface area contributed by atoms with Crippen molar-refractivity contribution >= 4 is 18.2 Å². The molecule has 106 valence electrons. The first-order chi connectivity index (χ1) is 9.20. The summed E-state index contributed by atoms with van der Waals surface area (Å²) in [6, 6.07) is 17.6. The summed E-state index contributed by atoms with van der Waals surface area (Å²) in [7, 11) is 1.83. The number of rotatable bonds is 5. The van der Waals surface area contributed by atoms with Gasteiger partial charge in [-0.2, -0.15) is 0 Å². The number of hydrogen-bond acceptors (Lipinski definition) is 2. The van der Waals surface area contributed by atoms with Crippen molar-refractivity contribution in [2.24, 2.45) is 0 Å². The highest BCUT2D eigenvalue weighted by Crippen LogP contribution is 2.10. The molecule has 0 radical (unpaired) electrons. The average Bonchev–Trinajstić information content (AvgIpc) is 2.46. The van der Waals surface area contributed by atoms with Crippen molar-refractivity contribution < 1.29 is 4.79 Å². The number of ketones is 1. The second-order valence-corrected chi connectivity index (χ2v) is 4.76. The highest BCUT2D eigenvalue weighted by atomic mass is 35.5. The minimum atomic E-state index is -0.176. The van der Waals surface area contributed by atoms with Crippen LogP contribution >= 0.6 is 12.4 Å². The van der Waals surface area contributed by atoms with Crippen molar-refractivity contribution in [2.75, 3.05) is 7.05 Å². The Kier molecular flexibility index (Phi) is 6.43. The van der Waals surface area contributed by atoms with Crippen LogP contribution in [-0.4, -0.2) is 18.9 Å². The van der Waals surface area contributed by atoms with E-state index in [4.69, 9.17) is 0 Å². The van der Waals surface area contributed by atoms with Gasteiger partial charge >= 0.3 is 0 Å². The molecule has 0 bridgehead atoms. The molecule has 2 aromatic carbocycles. The smallest absolute Gasteiger partial charge is 0.180 e. The molecule has 0 heterocycles. The van der Waals surface area contributed by atoms with Gasteiger partial charge < -0.3 is 5.32 Å². The fraction of sp³-hybridized carbons (Fsp3) is 0.235. The largest absolute Gasteiger partial charge is 0.310 e. The van der Waals surface area contributed by atoms with Crippen molar-refractivity contribution in [3.8, 4) is 0 Å². The van der Waals surface area contributed by atoms with Gasteiger partial charge in [0.05, 0.1) is 6.04 Å². The summed E-state index contributed by atoms with van der Waals surface area (Å²) in [4.78, 5) is 12.4. The van der Waals surface area contributed by atoms with Crippen LogP contribution in [0, 0.1) is 6.92 Å². The van der Waals surface area contributed by atoms with Crippen LogP contribution in [0.3, 0.4) is 0 Å². The summed E-state index contributed by atoms with van der Waals surface area (Å²) >= 11 is 0. The maximum atomic E-state index is 12.4. The van der Waals surface area contributed by atoms with Gasteiger partial charge in [-0.05, 0) is 26.0 Å². The lowest BCUT2D eigenvalue weighted by Crippen LogP contribution is -2.36. The van der Waals surface area contributed by atoms with Crippen LogP contribution in [0.5, 0.6) is 0 Å². The lowest BCUT2D eigenvalue weighted by atomic mass is 9.97. The number of halogens is 1. The van der Waals surface area contributed by atoms with Crippen LogP contribution in [0.25, 0.3) is 0 Å². The topological polar surface area (TPSA) is 29.1 Å². The third kappa shape index (κ3) is 4.19. The lowest BCUT2D eigenvalue weighted by Gasteiger charge is -2.15. The summed E-state index contributed by atoms with van der Waals surface area (Å²) in [6.07, 6.45) is 0.712. The molecule has 0 aliphatic carbocycles. The molecule has 1 unspecified atom stereocenters. The summed E-state index contributed by atoms with van der Waals surface area (Å²) in [6.45, 7) is 2.02. The van der Waals surface area contributed by atoms with Crippen molar-refractivity contribution in [1.82, 2.24) is 5.32 Å². The molecule has 0 aliphatic rings. The fourth-order valence-corrected chi connectivity index (χ4v) is 2.09. The monoisotopic (exact) mass is 289 g/mol. The summed E-state index contributed by atoms with van der Waals surface area (Å²) in [5.41, 5.74) is 3.10. The third-order valence-corrected chi connectivity index (χ3v) is 3.28. The van der Waals surface area contributed by atoms with Gasteiger partial charge in [0.15, 0.2) is 5.78 Å². The Balaban J connectivity index is 0.00000200. The Morgan fingerprint density at radius 3 is 2.20 bits per heavy atom. The zero-order valence-corrected chi connectivity index (χ0v) is 12.6. The average molecular weight is 290 g/mol. The number of likely N-dealkylation sites (N-methyl/N-ethyl adjacent to an activating group) is 1. The minimum Gasteiger partial charge on any atom is -0.310 e. The standard InChI is InChI=1S/C17H19NO.ClH/c1-13-8-10-15(11-9-13)17(19)16(18-2)12-14-6-4-3-5-7-14;/h3-11,16,18H,12H2,1-2H3;1H. The van der Waals surface area contributed by atoms with Gasteiger partial charge in [-0.3, -0.25) is 4.79 Å². The van der Waals surface area contributed by atoms with Crippen LogP contribution < -0.4 is 5.32 Å². The van der Waals surface area contributed by atoms with E-state index < -0.39 is 0 Å². The summed E-state index contributed by atoms with van der Waals surface area (Å²) < 4.78 is 0. The second-order valence-electron chi connectivity index (χ2n) is 4.76. The molecule has 0 amide bonds. The van der Waals surface area contributed by atoms with E-state index in [0.29, 0.717) is 6.42 Å². The number of benzene rings is 2. The van der Waals surface area contributed by atoms with E-state index in [1.807, 2.05) is 68.6 Å². The minimum absolute atomic E-state index is 0. The molecule has 0 fully saturated rings. The van der Waals surface area contributed by atoms with E-state index in [2.05, 4.69) is 5.32 Å². The zero-order valence-electron chi connectivity index (χ0n) is 11.8. The zero-order chi connectivity index (χ0) is 13.7. The number of aryl methyl sites for hydroxylation is 1. The Hall–Kier alpha value is -1.64. The number of carbonyl (C=O) groups is 1. The van der Waals surface area contributed by atoms with E-state index in [1.54, 1.807) is 0 Å². The quantitative estimate of drug-likeness (QED) is 0.855. The highest BCUT2D eigenvalue weighted by Gasteiger charge is 2.18. The number of Topliss-reactive ketones (excluding diaryl/α,β-unsaturated/α-hetero) is 1. The van der Waals surface area contributed by atoms with Gasteiger partial charge in [0.25, 0.3) is 0 Å². The van der Waals surface area contributed by atoms with E-state index >= 15 is 0 Å². The lowest BCUT2D eigenvalue weighted by molar-refractivity contribution is 0.0946. The Morgan fingerprint density at radius 2 is 1.65 bits per heavy atom. The molecule has 2 nitrogen and oxygen atoms in total. The SMILES string of the molecule is CNC(Cc1ccccc1)C(=O)c1ccc(C)cc1.Cl. The van der Waals surface area contributed by atoms with Gasteiger partial charge in [0, 0.05) is 5.56 Å². The van der Waals surface area contributed by atoms with Crippen LogP contribution in [0.4, 0.5) is 0 Å². The van der Waals surface area contributed by atoms with Crippen LogP contribution in [0.2, 0.25) is 0 Å². The number of nitrogens with one attached hydrogen (secondary N) is 1. The Bertz CT molecular complexity index is 537. The van der Waals surface area contributed by atoms with Crippen molar-refractivity contribution in [3.63, 3.8) is 0 Å². The maximum absolute atomic E-state index is 12.4. The van der Waals surface area contributed by atoms with Gasteiger partial charge in [-0.1, -0.05) is 60.2 Å². The normalized spacial score (nSPS) is 11.5. The molecule has 1 atom stereocenters. The van der Waals surface area contributed by atoms with Crippen LogP contribution in [-0.2, 0) is 6.42 Å². The summed E-state index contributed by atoms with van der Waals surface area (Å²) in [5.74, 6) is 0.145. The number of carbonyl (C=O) groups excluding carboxylic acids is 1. The van der Waals surface area contributed by atoms with Crippen molar-refractivity contribution in [2.45, 2.75) is 19.4 Å². The van der Waals surface area contributed by atoms with Crippen LogP contribution in [0.15, 0.2) is 54.6 Å². The van der Waals surface area contributed by atoms with Gasteiger partial charge in [0.1, 0.15) is 0 Å². The fourth-order valence-electron chi connectivity index (χ4n) is 2.09. The Morgan fingerprint density at radius 1 is 1.05 bits per heavy atom. The van der Waals surface area contributed by atoms with Crippen LogP contribution in [0.1, 0.15) is 21.5 Å². The molecule has 3 heteroatoms. The predicted octanol–water partition coefficient (Wildman–Crippen LogP) is 3.43. The van der Waals surface area contributed by atoms with Gasteiger partial charge in [-0.15, -0.1) is 12.4 Å². The third-order valence-electron chi connectivity index (χ3n) is 3.28. The van der Waals surface area contributed by atoms with Gasteiger partial charge in [0.2, 0.25) is 0 Å². The molecule has 2 aromatic rings. The molecular weight excluding hydrogens is 270 g/mol. The van der Waals surface area contributed by atoms with E-state index in [1.165, 1.54) is 11.1 Å². The molecule has 0 saturated carbocycles. The highest BCUT2D eigenvalue weighted by molar-refractivity contribution is 6.00. The molecule has 0 spiro atoms. The van der Waals surface area contributed by atoms with Gasteiger partial charge in [-0.25, -0.2) is 0 Å². The first kappa shape index (κ1) is 16.4. The second kappa shape index (κ2) is 7.83. The summed E-state index contributed by atoms with van der Waals surface area (Å²) in [5, 5.41) is 3.11. The molecule has 0 saturated heterocycles. The molecule has 0 aromatic heterocycles. The van der Waals surface area contributed by atoms with E-state index in [9.17, 15) is 4.79 Å². The first-order valence-electron chi connectivity index (χ1n) is 6.53. The predicted molar refractivity (Wildman–Crippen MR) is 85.8 cm³/mol. The Labute approximate surface area is 126 Å². The van der Waals surface area contributed by atoms with E-state index in [0.717, 1.165) is 5.56 Å².